The maximum Gasteiger partial charge on any atom is 0.206 e. The second-order valence-corrected chi connectivity index (χ2v) is 13.0. The zero-order valence-electron chi connectivity index (χ0n) is 17.6. The molecule has 0 N–H and O–H groups in total. The molecule has 1 aliphatic heterocycles. The number of hydrogen-bond donors (Lipinski definition) is 0. The molecule has 0 atom stereocenters. The predicted molar refractivity (Wildman–Crippen MR) is 128 cm³/mol. The lowest BCUT2D eigenvalue weighted by Crippen LogP contribution is -2.58. The van der Waals surface area contributed by atoms with Crippen LogP contribution in [0, 0.1) is 0 Å². The first-order valence-electron chi connectivity index (χ1n) is 10.6. The smallest absolute Gasteiger partial charge is 0.206 e. The SMILES string of the molecule is C[Si]1(C)c2ccccc2N(c2cccc3c2n2cnnc2c2nncn32)c2ccccc21. The zero-order chi connectivity index (χ0) is 21.4. The van der Waals surface area contributed by atoms with E-state index in [4.69, 9.17) is 0 Å². The van der Waals surface area contributed by atoms with E-state index in [0.29, 0.717) is 11.3 Å². The molecular formula is C24H19N7Si. The van der Waals surface area contributed by atoms with E-state index < -0.39 is 8.07 Å². The first kappa shape index (κ1) is 17.6. The standard InChI is InChI=1S/C24H19N7Si/c1-32(2)20-12-5-3-8-16(20)31(17-9-4-6-13-21(17)32)19-11-7-10-18-22(19)30-15-26-28-24(30)23-27-25-14-29(18)23/h3-15H,1-2H3. The van der Waals surface area contributed by atoms with Gasteiger partial charge in [0, 0.05) is 11.4 Å². The van der Waals surface area contributed by atoms with Crippen LogP contribution in [0.2, 0.25) is 13.1 Å². The molecule has 32 heavy (non-hydrogen) atoms. The van der Waals surface area contributed by atoms with Crippen LogP contribution in [0.15, 0.2) is 79.4 Å². The molecule has 0 saturated heterocycles. The molecule has 4 heterocycles. The predicted octanol–water partition coefficient (Wildman–Crippen LogP) is 3.53. The molecule has 7 rings (SSSR count). The molecule has 0 bridgehead atoms. The van der Waals surface area contributed by atoms with Crippen molar-refractivity contribution in [1.82, 2.24) is 29.2 Å². The van der Waals surface area contributed by atoms with Crippen molar-refractivity contribution in [3.8, 4) is 0 Å². The second kappa shape index (κ2) is 6.01. The van der Waals surface area contributed by atoms with Crippen LogP contribution in [-0.4, -0.2) is 37.3 Å². The quantitative estimate of drug-likeness (QED) is 0.371. The summed E-state index contributed by atoms with van der Waals surface area (Å²) in [4.78, 5) is 2.39. The summed E-state index contributed by atoms with van der Waals surface area (Å²) in [5.74, 6) is 0. The Hall–Kier alpha value is -4.04. The zero-order valence-corrected chi connectivity index (χ0v) is 18.6. The molecular weight excluding hydrogens is 414 g/mol. The van der Waals surface area contributed by atoms with E-state index in [9.17, 15) is 0 Å². The molecule has 0 aliphatic carbocycles. The van der Waals surface area contributed by atoms with Gasteiger partial charge in [-0.3, -0.25) is 8.80 Å². The summed E-state index contributed by atoms with van der Waals surface area (Å²) in [5.41, 5.74) is 6.96. The monoisotopic (exact) mass is 433 g/mol. The molecule has 7 nitrogen and oxygen atoms in total. The first-order valence-corrected chi connectivity index (χ1v) is 13.6. The lowest BCUT2D eigenvalue weighted by Gasteiger charge is -2.41. The van der Waals surface area contributed by atoms with Gasteiger partial charge in [0.1, 0.15) is 20.7 Å². The molecule has 0 radical (unpaired) electrons. The van der Waals surface area contributed by atoms with E-state index in [0.717, 1.165) is 16.7 Å². The molecule has 0 spiro atoms. The van der Waals surface area contributed by atoms with Gasteiger partial charge in [-0.2, -0.15) is 0 Å². The van der Waals surface area contributed by atoms with E-state index in [1.807, 2.05) is 8.80 Å². The largest absolute Gasteiger partial charge is 0.309 e. The Morgan fingerprint density at radius 1 is 0.625 bits per heavy atom. The summed E-state index contributed by atoms with van der Waals surface area (Å²) in [6, 6.07) is 24.0. The van der Waals surface area contributed by atoms with Gasteiger partial charge >= 0.3 is 0 Å². The van der Waals surface area contributed by atoms with E-state index in [1.165, 1.54) is 21.7 Å². The van der Waals surface area contributed by atoms with Gasteiger partial charge in [-0.25, -0.2) is 0 Å². The number of benzene rings is 3. The minimum absolute atomic E-state index is 0.690. The minimum atomic E-state index is -1.85. The Labute approximate surface area is 184 Å². The van der Waals surface area contributed by atoms with Crippen molar-refractivity contribution in [2.75, 3.05) is 4.90 Å². The highest BCUT2D eigenvalue weighted by Crippen LogP contribution is 2.41. The summed E-state index contributed by atoms with van der Waals surface area (Å²) >= 11 is 0. The molecule has 3 aromatic carbocycles. The fourth-order valence-electron chi connectivity index (χ4n) is 5.18. The van der Waals surface area contributed by atoms with Crippen LogP contribution in [0.5, 0.6) is 0 Å². The Morgan fingerprint density at radius 2 is 1.19 bits per heavy atom. The van der Waals surface area contributed by atoms with Crippen LogP contribution >= 0.6 is 0 Å². The maximum absolute atomic E-state index is 4.35. The van der Waals surface area contributed by atoms with E-state index in [-0.39, 0.29) is 0 Å². The number of rotatable bonds is 1. The summed E-state index contributed by atoms with van der Waals surface area (Å²) < 4.78 is 4.01. The van der Waals surface area contributed by atoms with Crippen LogP contribution in [0.1, 0.15) is 0 Å². The molecule has 6 aromatic rings. The van der Waals surface area contributed by atoms with Crippen LogP contribution in [0.25, 0.3) is 22.3 Å². The number of anilines is 3. The number of hydrogen-bond acceptors (Lipinski definition) is 5. The third kappa shape index (κ3) is 2.09. The van der Waals surface area contributed by atoms with Crippen molar-refractivity contribution in [2.24, 2.45) is 0 Å². The van der Waals surface area contributed by atoms with Gasteiger partial charge in [-0.05, 0) is 34.6 Å². The Morgan fingerprint density at radius 3 is 1.88 bits per heavy atom. The molecule has 0 amide bonds. The van der Waals surface area contributed by atoms with Gasteiger partial charge < -0.3 is 4.90 Å². The maximum atomic E-state index is 4.35. The third-order valence-electron chi connectivity index (χ3n) is 6.67. The van der Waals surface area contributed by atoms with Crippen LogP contribution in [0.3, 0.4) is 0 Å². The van der Waals surface area contributed by atoms with Gasteiger partial charge in [0.2, 0.25) is 11.3 Å². The van der Waals surface area contributed by atoms with Gasteiger partial charge in [-0.1, -0.05) is 55.6 Å². The molecule has 0 unspecified atom stereocenters. The molecule has 1 aliphatic rings. The lowest BCUT2D eigenvalue weighted by molar-refractivity contribution is 1.10. The van der Waals surface area contributed by atoms with Crippen LogP contribution < -0.4 is 15.3 Å². The number of nitrogens with zero attached hydrogens (tertiary/aromatic N) is 7. The summed E-state index contributed by atoms with van der Waals surface area (Å²) in [5, 5.41) is 19.8. The van der Waals surface area contributed by atoms with E-state index in [2.05, 4.69) is 105 Å². The Balaban J connectivity index is 1.66. The average Bonchev–Trinajstić information content (AvgIpc) is 3.49. The molecule has 0 fully saturated rings. The highest BCUT2D eigenvalue weighted by Gasteiger charge is 2.38. The topological polar surface area (TPSA) is 63.6 Å². The number of para-hydroxylation sites is 3. The third-order valence-corrected chi connectivity index (χ3v) is 10.2. The van der Waals surface area contributed by atoms with Crippen molar-refractivity contribution < 1.29 is 0 Å². The minimum Gasteiger partial charge on any atom is -0.309 e. The Bertz CT molecular complexity index is 1630. The van der Waals surface area contributed by atoms with Crippen molar-refractivity contribution in [3.63, 3.8) is 0 Å². The molecule has 154 valence electrons. The molecule has 3 aromatic heterocycles. The van der Waals surface area contributed by atoms with Crippen LogP contribution in [-0.2, 0) is 0 Å². The molecule has 0 saturated carbocycles. The van der Waals surface area contributed by atoms with Gasteiger partial charge in [0.25, 0.3) is 0 Å². The fourth-order valence-corrected chi connectivity index (χ4v) is 8.17. The van der Waals surface area contributed by atoms with Crippen molar-refractivity contribution in [3.05, 3.63) is 79.4 Å². The average molecular weight is 434 g/mol. The van der Waals surface area contributed by atoms with Crippen molar-refractivity contribution in [1.29, 1.82) is 0 Å². The summed E-state index contributed by atoms with van der Waals surface area (Å²) in [6.45, 7) is 4.87. The lowest BCUT2D eigenvalue weighted by atomic mass is 10.1. The molecule has 8 heteroatoms. The second-order valence-electron chi connectivity index (χ2n) is 8.69. The van der Waals surface area contributed by atoms with Crippen LogP contribution in [0.4, 0.5) is 17.1 Å². The van der Waals surface area contributed by atoms with Gasteiger partial charge in [0.15, 0.2) is 0 Å². The first-order chi connectivity index (χ1) is 15.7. The highest BCUT2D eigenvalue weighted by atomic mass is 28.3. The summed E-state index contributed by atoms with van der Waals surface area (Å²) in [7, 11) is -1.85. The van der Waals surface area contributed by atoms with E-state index in [1.54, 1.807) is 12.7 Å². The summed E-state index contributed by atoms with van der Waals surface area (Å²) in [6.07, 6.45) is 3.50. The highest BCUT2D eigenvalue weighted by molar-refractivity contribution is 7.02. The van der Waals surface area contributed by atoms with Gasteiger partial charge in [0.05, 0.1) is 16.7 Å². The van der Waals surface area contributed by atoms with Crippen molar-refractivity contribution in [2.45, 2.75) is 13.1 Å². The number of fused-ring (bicyclic) bond motifs is 8. The normalized spacial score (nSPS) is 14.8. The fraction of sp³-hybridized carbons (Fsp3) is 0.0833. The van der Waals surface area contributed by atoms with E-state index >= 15 is 0 Å². The Kier molecular flexibility index (Phi) is 3.31. The van der Waals surface area contributed by atoms with Crippen molar-refractivity contribution >= 4 is 57.8 Å². The van der Waals surface area contributed by atoms with Gasteiger partial charge in [-0.15, -0.1) is 20.4 Å². The number of aromatic nitrogens is 6.